The third kappa shape index (κ3) is 5.27. The largest absolute Gasteiger partial charge is 0.465 e. The first-order valence-electron chi connectivity index (χ1n) is 8.06. The summed E-state index contributed by atoms with van der Waals surface area (Å²) in [5, 5.41) is 0. The molecule has 0 heterocycles. The van der Waals surface area contributed by atoms with Crippen molar-refractivity contribution in [2.45, 2.75) is 33.6 Å². The second kappa shape index (κ2) is 10.3. The topological polar surface area (TPSA) is 52.6 Å². The van der Waals surface area contributed by atoms with Gasteiger partial charge < -0.3 is 9.47 Å². The molecule has 1 aromatic carbocycles. The van der Waals surface area contributed by atoms with Crippen LogP contribution in [0.3, 0.4) is 0 Å². The molecule has 0 saturated heterocycles. The lowest BCUT2D eigenvalue weighted by molar-refractivity contribution is -0.171. The van der Waals surface area contributed by atoms with Crippen LogP contribution < -0.4 is 0 Å². The van der Waals surface area contributed by atoms with Crippen molar-refractivity contribution in [2.24, 2.45) is 5.41 Å². The predicted molar refractivity (Wildman–Crippen MR) is 93.9 cm³/mol. The van der Waals surface area contributed by atoms with Gasteiger partial charge in [-0.1, -0.05) is 42.5 Å². The minimum absolute atomic E-state index is 0.0697. The van der Waals surface area contributed by atoms with Crippen molar-refractivity contribution < 1.29 is 19.1 Å². The first kappa shape index (κ1) is 19.5. The van der Waals surface area contributed by atoms with E-state index in [1.807, 2.05) is 36.4 Å². The van der Waals surface area contributed by atoms with Gasteiger partial charge in [0.05, 0.1) is 13.2 Å². The zero-order chi connectivity index (χ0) is 17.8. The highest BCUT2D eigenvalue weighted by Gasteiger charge is 2.47. The van der Waals surface area contributed by atoms with Gasteiger partial charge in [0.25, 0.3) is 0 Å². The smallest absolute Gasteiger partial charge is 0.324 e. The molecule has 1 rings (SSSR count). The van der Waals surface area contributed by atoms with Gasteiger partial charge in [-0.3, -0.25) is 9.59 Å². The van der Waals surface area contributed by atoms with Gasteiger partial charge in [0.2, 0.25) is 0 Å². The Morgan fingerprint density at radius 2 is 1.67 bits per heavy atom. The first-order chi connectivity index (χ1) is 11.6. The molecular formula is C20H24O4. The molecule has 0 spiro atoms. The summed E-state index contributed by atoms with van der Waals surface area (Å²) < 4.78 is 10.3. The molecule has 0 fully saturated rings. The van der Waals surface area contributed by atoms with Gasteiger partial charge in [0, 0.05) is 6.42 Å². The van der Waals surface area contributed by atoms with Crippen LogP contribution in [0.1, 0.15) is 39.2 Å². The van der Waals surface area contributed by atoms with E-state index in [1.165, 1.54) is 0 Å². The highest BCUT2D eigenvalue weighted by atomic mass is 16.6. The summed E-state index contributed by atoms with van der Waals surface area (Å²) in [7, 11) is 0. The van der Waals surface area contributed by atoms with Crippen LogP contribution >= 0.6 is 0 Å². The molecule has 0 amide bonds. The molecule has 0 atom stereocenters. The number of ether oxygens (including phenoxy) is 2. The van der Waals surface area contributed by atoms with Crippen LogP contribution in [0.25, 0.3) is 6.08 Å². The molecule has 0 unspecified atom stereocenters. The minimum atomic E-state index is -1.43. The normalized spacial score (nSPS) is 10.8. The highest BCUT2D eigenvalue weighted by Crippen LogP contribution is 2.31. The molecule has 24 heavy (non-hydrogen) atoms. The van der Waals surface area contributed by atoms with Crippen molar-refractivity contribution >= 4 is 18.0 Å². The standard InChI is InChI=1S/C20H24O4/c1-4-7-15-20(18(21)23-5-2,19(22)24-6-3)16-11-14-17-12-9-8-10-13-17/h8-14H,5-6,15-16H2,1-3H3/b14-11+. The monoisotopic (exact) mass is 328 g/mol. The number of carbonyl (C=O) groups is 2. The lowest BCUT2D eigenvalue weighted by Gasteiger charge is -2.26. The second-order valence-corrected chi connectivity index (χ2v) is 5.14. The third-order valence-electron chi connectivity index (χ3n) is 3.48. The Hall–Kier alpha value is -2.54. The van der Waals surface area contributed by atoms with Gasteiger partial charge in [0.1, 0.15) is 0 Å². The number of carbonyl (C=O) groups excluding carboxylic acids is 2. The van der Waals surface area contributed by atoms with Gasteiger partial charge in [0.15, 0.2) is 5.41 Å². The Kier molecular flexibility index (Phi) is 8.35. The zero-order valence-electron chi connectivity index (χ0n) is 14.5. The molecule has 0 aliphatic rings. The van der Waals surface area contributed by atoms with Crippen LogP contribution in [0.2, 0.25) is 0 Å². The Labute approximate surface area is 143 Å². The molecular weight excluding hydrogens is 304 g/mol. The number of hydrogen-bond donors (Lipinski definition) is 0. The molecule has 4 nitrogen and oxygen atoms in total. The molecule has 0 aliphatic carbocycles. The van der Waals surface area contributed by atoms with E-state index in [9.17, 15) is 9.59 Å². The molecule has 0 aromatic heterocycles. The fraction of sp³-hybridized carbons (Fsp3) is 0.400. The molecule has 0 saturated carbocycles. The number of rotatable bonds is 8. The molecule has 4 heteroatoms. The highest BCUT2D eigenvalue weighted by molar-refractivity contribution is 6.00. The number of allylic oxidation sites excluding steroid dienone is 1. The quantitative estimate of drug-likeness (QED) is 0.415. The fourth-order valence-electron chi connectivity index (χ4n) is 2.20. The summed E-state index contributed by atoms with van der Waals surface area (Å²) in [5.41, 5.74) is -0.443. The van der Waals surface area contributed by atoms with Crippen molar-refractivity contribution in [3.05, 3.63) is 42.0 Å². The average molecular weight is 328 g/mol. The summed E-state index contributed by atoms with van der Waals surface area (Å²) in [6.07, 6.45) is 3.90. The zero-order valence-corrected chi connectivity index (χ0v) is 14.5. The Morgan fingerprint density at radius 1 is 1.08 bits per heavy atom. The van der Waals surface area contributed by atoms with E-state index in [2.05, 4.69) is 11.8 Å². The van der Waals surface area contributed by atoms with Crippen LogP contribution in [-0.2, 0) is 19.1 Å². The SMILES string of the molecule is CC#CCC(C/C=C/c1ccccc1)(C(=O)OCC)C(=O)OCC. The van der Waals surface area contributed by atoms with Crippen LogP contribution in [0.15, 0.2) is 36.4 Å². The van der Waals surface area contributed by atoms with Gasteiger partial charge in [-0.25, -0.2) is 0 Å². The maximum atomic E-state index is 12.5. The van der Waals surface area contributed by atoms with Crippen molar-refractivity contribution in [2.75, 3.05) is 13.2 Å². The number of benzene rings is 1. The van der Waals surface area contributed by atoms with Crippen LogP contribution in [0.5, 0.6) is 0 Å². The van der Waals surface area contributed by atoms with E-state index in [-0.39, 0.29) is 26.1 Å². The van der Waals surface area contributed by atoms with E-state index in [0.29, 0.717) is 0 Å². The van der Waals surface area contributed by atoms with Crippen molar-refractivity contribution in [1.29, 1.82) is 0 Å². The average Bonchev–Trinajstić information content (AvgIpc) is 2.59. The van der Waals surface area contributed by atoms with E-state index >= 15 is 0 Å². The molecule has 128 valence electrons. The van der Waals surface area contributed by atoms with E-state index in [4.69, 9.17) is 9.47 Å². The van der Waals surface area contributed by atoms with E-state index in [0.717, 1.165) is 5.56 Å². The van der Waals surface area contributed by atoms with Gasteiger partial charge >= 0.3 is 11.9 Å². The van der Waals surface area contributed by atoms with Crippen LogP contribution in [0.4, 0.5) is 0 Å². The lowest BCUT2D eigenvalue weighted by atomic mass is 9.81. The lowest BCUT2D eigenvalue weighted by Crippen LogP contribution is -2.41. The van der Waals surface area contributed by atoms with Crippen molar-refractivity contribution in [3.8, 4) is 11.8 Å². The van der Waals surface area contributed by atoms with Crippen LogP contribution in [-0.4, -0.2) is 25.2 Å². The van der Waals surface area contributed by atoms with Crippen molar-refractivity contribution in [3.63, 3.8) is 0 Å². The summed E-state index contributed by atoms with van der Waals surface area (Å²) in [5.74, 6) is 4.38. The van der Waals surface area contributed by atoms with E-state index in [1.54, 1.807) is 26.8 Å². The third-order valence-corrected chi connectivity index (χ3v) is 3.48. The minimum Gasteiger partial charge on any atom is -0.465 e. The summed E-state index contributed by atoms with van der Waals surface area (Å²) >= 11 is 0. The Balaban J connectivity index is 3.11. The molecule has 0 radical (unpaired) electrons. The van der Waals surface area contributed by atoms with Crippen LogP contribution in [0, 0.1) is 17.3 Å². The van der Waals surface area contributed by atoms with Crippen molar-refractivity contribution in [1.82, 2.24) is 0 Å². The summed E-state index contributed by atoms with van der Waals surface area (Å²) in [4.78, 5) is 25.0. The number of esters is 2. The maximum Gasteiger partial charge on any atom is 0.324 e. The van der Waals surface area contributed by atoms with E-state index < -0.39 is 17.4 Å². The molecule has 1 aromatic rings. The number of hydrogen-bond acceptors (Lipinski definition) is 4. The summed E-state index contributed by atoms with van der Waals surface area (Å²) in [6.45, 7) is 5.48. The molecule has 0 aliphatic heterocycles. The van der Waals surface area contributed by atoms with Gasteiger partial charge in [-0.05, 0) is 32.8 Å². The van der Waals surface area contributed by atoms with Gasteiger partial charge in [-0.15, -0.1) is 11.8 Å². The fourth-order valence-corrected chi connectivity index (χ4v) is 2.20. The molecule has 0 bridgehead atoms. The van der Waals surface area contributed by atoms with Gasteiger partial charge in [-0.2, -0.15) is 0 Å². The Bertz CT molecular complexity index is 602. The molecule has 0 N–H and O–H groups in total. The predicted octanol–water partition coefficient (Wildman–Crippen LogP) is 3.62. The first-order valence-corrected chi connectivity index (χ1v) is 8.06. The maximum absolute atomic E-state index is 12.5. The second-order valence-electron chi connectivity index (χ2n) is 5.14. The summed E-state index contributed by atoms with van der Waals surface area (Å²) in [6, 6.07) is 9.66. The Morgan fingerprint density at radius 3 is 2.17 bits per heavy atom.